The number of para-hydroxylation sites is 1. The standard InChI is InChI=1S/C17H18ClN5O3/c1-25-15-8-11(9-21-23-17(19)20)6-7-14(15)26-10-16(24)22-13-5-3-2-4-12(13)18/h2-9H,10H2,1H3,(H,22,24)(H4,19,20,23)/b21-9-. The first-order valence-corrected chi connectivity index (χ1v) is 7.84. The molecule has 0 aliphatic carbocycles. The van der Waals surface area contributed by atoms with Gasteiger partial charge in [-0.05, 0) is 35.9 Å². The first kappa shape index (κ1) is 19.1. The Bertz CT molecular complexity index is 835. The Morgan fingerprint density at radius 1 is 1.23 bits per heavy atom. The van der Waals surface area contributed by atoms with Gasteiger partial charge in [-0.15, -0.1) is 5.10 Å². The van der Waals surface area contributed by atoms with Crippen molar-refractivity contribution in [3.8, 4) is 11.5 Å². The first-order valence-electron chi connectivity index (χ1n) is 7.47. The lowest BCUT2D eigenvalue weighted by atomic mass is 10.2. The third-order valence-corrected chi connectivity index (χ3v) is 3.40. The molecule has 0 heterocycles. The van der Waals surface area contributed by atoms with Crippen LogP contribution in [0.1, 0.15) is 5.56 Å². The number of carbonyl (C=O) groups is 1. The van der Waals surface area contributed by atoms with Gasteiger partial charge in [0.25, 0.3) is 5.91 Å². The molecule has 9 heteroatoms. The zero-order valence-corrected chi connectivity index (χ0v) is 14.7. The highest BCUT2D eigenvalue weighted by Crippen LogP contribution is 2.27. The van der Waals surface area contributed by atoms with Crippen LogP contribution < -0.4 is 26.3 Å². The van der Waals surface area contributed by atoms with Gasteiger partial charge in [0, 0.05) is 0 Å². The topological polar surface area (TPSA) is 124 Å². The van der Waals surface area contributed by atoms with Gasteiger partial charge < -0.3 is 26.3 Å². The second kappa shape index (κ2) is 9.28. The van der Waals surface area contributed by atoms with Crippen molar-refractivity contribution in [3.63, 3.8) is 0 Å². The van der Waals surface area contributed by atoms with Crippen molar-refractivity contribution in [1.82, 2.24) is 0 Å². The highest BCUT2D eigenvalue weighted by atomic mass is 35.5. The number of halogens is 1. The maximum Gasteiger partial charge on any atom is 0.262 e. The summed E-state index contributed by atoms with van der Waals surface area (Å²) < 4.78 is 10.8. The van der Waals surface area contributed by atoms with Gasteiger partial charge in [0.15, 0.2) is 18.1 Å². The van der Waals surface area contributed by atoms with Crippen molar-refractivity contribution in [1.29, 1.82) is 0 Å². The smallest absolute Gasteiger partial charge is 0.262 e. The Labute approximate surface area is 155 Å². The van der Waals surface area contributed by atoms with E-state index < -0.39 is 0 Å². The number of benzene rings is 2. The lowest BCUT2D eigenvalue weighted by Crippen LogP contribution is -2.21. The number of hydrogen-bond acceptors (Lipinski definition) is 5. The van der Waals surface area contributed by atoms with Gasteiger partial charge in [0.1, 0.15) is 0 Å². The molecule has 26 heavy (non-hydrogen) atoms. The summed E-state index contributed by atoms with van der Waals surface area (Å²) in [4.78, 5) is 12.0. The zero-order valence-electron chi connectivity index (χ0n) is 14.0. The van der Waals surface area contributed by atoms with Gasteiger partial charge >= 0.3 is 0 Å². The average Bonchev–Trinajstić information content (AvgIpc) is 2.62. The van der Waals surface area contributed by atoms with Gasteiger partial charge in [0.2, 0.25) is 5.96 Å². The number of anilines is 1. The van der Waals surface area contributed by atoms with Crippen molar-refractivity contribution < 1.29 is 14.3 Å². The highest BCUT2D eigenvalue weighted by Gasteiger charge is 2.10. The number of rotatable bonds is 7. The Hall–Kier alpha value is -3.26. The van der Waals surface area contributed by atoms with Crippen molar-refractivity contribution in [2.45, 2.75) is 0 Å². The number of nitrogens with one attached hydrogen (secondary N) is 1. The molecule has 0 radical (unpaired) electrons. The van der Waals surface area contributed by atoms with E-state index in [4.69, 9.17) is 32.5 Å². The van der Waals surface area contributed by atoms with Gasteiger partial charge in [-0.3, -0.25) is 4.79 Å². The number of nitrogens with two attached hydrogens (primary N) is 2. The van der Waals surface area contributed by atoms with Crippen LogP contribution in [0.4, 0.5) is 5.69 Å². The van der Waals surface area contributed by atoms with Crippen LogP contribution in [0.25, 0.3) is 0 Å². The lowest BCUT2D eigenvalue weighted by Gasteiger charge is -2.12. The number of ether oxygens (including phenoxy) is 2. The number of amides is 1. The van der Waals surface area contributed by atoms with E-state index >= 15 is 0 Å². The monoisotopic (exact) mass is 375 g/mol. The molecule has 0 atom stereocenters. The fourth-order valence-corrected chi connectivity index (χ4v) is 2.12. The minimum atomic E-state index is -0.349. The van der Waals surface area contributed by atoms with Crippen LogP contribution in [0.3, 0.4) is 0 Å². The second-order valence-corrected chi connectivity index (χ2v) is 5.40. The Kier molecular flexibility index (Phi) is 6.81. The maximum atomic E-state index is 12.0. The van der Waals surface area contributed by atoms with Crippen molar-refractivity contribution in [2.24, 2.45) is 21.7 Å². The minimum Gasteiger partial charge on any atom is -0.493 e. The molecule has 0 bridgehead atoms. The van der Waals surface area contributed by atoms with Crippen LogP contribution >= 0.6 is 11.6 Å². The number of hydrogen-bond donors (Lipinski definition) is 3. The van der Waals surface area contributed by atoms with Gasteiger partial charge in [0.05, 0.1) is 24.0 Å². The molecule has 1 amide bonds. The Morgan fingerprint density at radius 3 is 2.69 bits per heavy atom. The van der Waals surface area contributed by atoms with E-state index in [1.165, 1.54) is 13.3 Å². The van der Waals surface area contributed by atoms with E-state index in [1.54, 1.807) is 42.5 Å². The van der Waals surface area contributed by atoms with Crippen LogP contribution in [0.15, 0.2) is 52.7 Å². The largest absolute Gasteiger partial charge is 0.493 e. The van der Waals surface area contributed by atoms with Crippen LogP contribution in [-0.2, 0) is 4.79 Å². The molecule has 5 N–H and O–H groups in total. The average molecular weight is 376 g/mol. The van der Waals surface area contributed by atoms with Crippen LogP contribution in [-0.4, -0.2) is 31.8 Å². The van der Waals surface area contributed by atoms with Crippen LogP contribution in [0.5, 0.6) is 11.5 Å². The predicted octanol–water partition coefficient (Wildman–Crippen LogP) is 1.97. The minimum absolute atomic E-state index is 0.141. The summed E-state index contributed by atoms with van der Waals surface area (Å²) in [6.45, 7) is -0.205. The van der Waals surface area contributed by atoms with Crippen LogP contribution in [0.2, 0.25) is 5.02 Å². The fourth-order valence-electron chi connectivity index (χ4n) is 1.94. The first-order chi connectivity index (χ1) is 12.5. The van der Waals surface area contributed by atoms with Gasteiger partial charge in [-0.1, -0.05) is 23.7 Å². The SMILES string of the molecule is COc1cc(/C=N\N=C(N)N)ccc1OCC(=O)Nc1ccccc1Cl. The predicted molar refractivity (Wildman–Crippen MR) is 102 cm³/mol. The van der Waals surface area contributed by atoms with Gasteiger partial charge in [-0.25, -0.2) is 0 Å². The maximum absolute atomic E-state index is 12.0. The van der Waals surface area contributed by atoms with Crippen molar-refractivity contribution in [2.75, 3.05) is 19.0 Å². The molecular weight excluding hydrogens is 358 g/mol. The number of carbonyl (C=O) groups excluding carboxylic acids is 1. The molecule has 0 saturated carbocycles. The Morgan fingerprint density at radius 2 is 2.00 bits per heavy atom. The van der Waals surface area contributed by atoms with Crippen molar-refractivity contribution >= 4 is 35.4 Å². The number of nitrogens with zero attached hydrogens (tertiary/aromatic N) is 2. The normalized spacial score (nSPS) is 10.4. The molecule has 0 unspecified atom stereocenters. The van der Waals surface area contributed by atoms with E-state index in [0.717, 1.165) is 0 Å². The molecular formula is C17H18ClN5O3. The van der Waals surface area contributed by atoms with E-state index in [-0.39, 0.29) is 18.5 Å². The molecule has 2 aromatic rings. The third kappa shape index (κ3) is 5.67. The second-order valence-electron chi connectivity index (χ2n) is 5.00. The third-order valence-electron chi connectivity index (χ3n) is 3.07. The Balaban J connectivity index is 2.00. The lowest BCUT2D eigenvalue weighted by molar-refractivity contribution is -0.118. The summed E-state index contributed by atoms with van der Waals surface area (Å²) in [6.07, 6.45) is 1.45. The molecule has 0 aliphatic rings. The van der Waals surface area contributed by atoms with E-state index in [2.05, 4.69) is 15.5 Å². The summed E-state index contributed by atoms with van der Waals surface area (Å²) in [5.41, 5.74) is 11.6. The molecule has 0 spiro atoms. The van der Waals surface area contributed by atoms with E-state index in [1.807, 2.05) is 0 Å². The molecule has 2 rings (SSSR count). The van der Waals surface area contributed by atoms with Crippen molar-refractivity contribution in [3.05, 3.63) is 53.1 Å². The van der Waals surface area contributed by atoms with E-state index in [0.29, 0.717) is 27.8 Å². The summed E-state index contributed by atoms with van der Waals surface area (Å²) in [5.74, 6) is 0.348. The summed E-state index contributed by atoms with van der Waals surface area (Å²) in [6, 6.07) is 12.0. The number of guanidine groups is 1. The van der Waals surface area contributed by atoms with Gasteiger partial charge in [-0.2, -0.15) is 5.10 Å². The number of methoxy groups -OCH3 is 1. The molecule has 0 aliphatic heterocycles. The highest BCUT2D eigenvalue weighted by molar-refractivity contribution is 6.33. The summed E-state index contributed by atoms with van der Waals surface area (Å²) >= 11 is 6.00. The zero-order chi connectivity index (χ0) is 18.9. The molecule has 136 valence electrons. The van der Waals surface area contributed by atoms with E-state index in [9.17, 15) is 4.79 Å². The molecule has 0 saturated heterocycles. The summed E-state index contributed by atoms with van der Waals surface area (Å²) in [7, 11) is 1.49. The fraction of sp³-hybridized carbons (Fsp3) is 0.118. The molecule has 0 fully saturated rings. The van der Waals surface area contributed by atoms with Crippen LogP contribution in [0, 0.1) is 0 Å². The molecule has 8 nitrogen and oxygen atoms in total. The quantitative estimate of drug-likeness (QED) is 0.387. The molecule has 2 aromatic carbocycles. The molecule has 0 aromatic heterocycles. The summed E-state index contributed by atoms with van der Waals surface area (Å²) in [5, 5.41) is 10.3.